The van der Waals surface area contributed by atoms with E-state index in [0.29, 0.717) is 11.5 Å². The smallest absolute Gasteiger partial charge is 0.239 e. The Morgan fingerprint density at radius 3 is 2.86 bits per heavy atom. The fourth-order valence-corrected chi connectivity index (χ4v) is 1.82. The number of amides is 1. The van der Waals surface area contributed by atoms with Crippen molar-refractivity contribution in [1.29, 1.82) is 0 Å². The molecule has 1 aromatic carbocycles. The monoisotopic (exact) mass is 290 g/mol. The van der Waals surface area contributed by atoms with Crippen molar-refractivity contribution in [2.75, 3.05) is 25.5 Å². The number of hydrogen-bond acceptors (Lipinski definition) is 5. The van der Waals surface area contributed by atoms with Crippen LogP contribution >= 0.6 is 0 Å². The molecule has 21 heavy (non-hydrogen) atoms. The molecule has 1 heterocycles. The number of carbonyl (C=O) groups excluding carboxylic acids is 1. The molecular formula is C15H18N2O4. The molecule has 6 nitrogen and oxygen atoms in total. The second kappa shape index (κ2) is 7.35. The van der Waals surface area contributed by atoms with Crippen LogP contribution in [0.4, 0.5) is 5.69 Å². The lowest BCUT2D eigenvalue weighted by Crippen LogP contribution is -2.33. The molecule has 0 fully saturated rings. The summed E-state index contributed by atoms with van der Waals surface area (Å²) in [6.45, 7) is 0.186. The van der Waals surface area contributed by atoms with Gasteiger partial charge in [-0.3, -0.25) is 4.79 Å². The summed E-state index contributed by atoms with van der Waals surface area (Å²) in [6, 6.07) is 10.7. The fraction of sp³-hybridized carbons (Fsp3) is 0.267. The van der Waals surface area contributed by atoms with Crippen molar-refractivity contribution in [3.8, 4) is 5.75 Å². The van der Waals surface area contributed by atoms with Gasteiger partial charge in [-0.05, 0) is 24.3 Å². The van der Waals surface area contributed by atoms with Crippen LogP contribution in [0.25, 0.3) is 0 Å². The van der Waals surface area contributed by atoms with Crippen molar-refractivity contribution in [3.63, 3.8) is 0 Å². The minimum Gasteiger partial charge on any atom is -0.495 e. The van der Waals surface area contributed by atoms with Gasteiger partial charge in [-0.15, -0.1) is 0 Å². The molecule has 0 spiro atoms. The van der Waals surface area contributed by atoms with Gasteiger partial charge < -0.3 is 24.9 Å². The number of ether oxygens (including phenoxy) is 1. The summed E-state index contributed by atoms with van der Waals surface area (Å²) in [7, 11) is 1.57. The van der Waals surface area contributed by atoms with E-state index in [1.54, 1.807) is 25.3 Å². The van der Waals surface area contributed by atoms with Gasteiger partial charge in [0.1, 0.15) is 17.6 Å². The van der Waals surface area contributed by atoms with Gasteiger partial charge >= 0.3 is 0 Å². The number of para-hydroxylation sites is 2. The Morgan fingerprint density at radius 1 is 1.33 bits per heavy atom. The van der Waals surface area contributed by atoms with E-state index in [9.17, 15) is 9.90 Å². The molecule has 0 radical (unpaired) electrons. The van der Waals surface area contributed by atoms with Crippen molar-refractivity contribution >= 4 is 11.6 Å². The minimum absolute atomic E-state index is 0.0885. The number of rotatable bonds is 7. The Kier molecular flexibility index (Phi) is 5.22. The first-order chi connectivity index (χ1) is 10.2. The molecule has 1 atom stereocenters. The molecule has 3 N–H and O–H groups in total. The van der Waals surface area contributed by atoms with Crippen LogP contribution in [0, 0.1) is 0 Å². The van der Waals surface area contributed by atoms with E-state index >= 15 is 0 Å². The number of furan rings is 1. The van der Waals surface area contributed by atoms with Crippen LogP contribution in [0.15, 0.2) is 47.1 Å². The predicted octanol–water partition coefficient (Wildman–Crippen LogP) is 1.55. The van der Waals surface area contributed by atoms with Gasteiger partial charge in [0.25, 0.3) is 0 Å². The molecule has 2 aromatic rings. The molecule has 1 amide bonds. The van der Waals surface area contributed by atoms with Gasteiger partial charge in [-0.1, -0.05) is 12.1 Å². The highest BCUT2D eigenvalue weighted by atomic mass is 16.5. The standard InChI is InChI=1S/C15H18N2O4/c1-20-13-6-3-2-5-11(13)16-10-15(19)17-9-12(18)14-7-4-8-21-14/h2-8,12,16,18H,9-10H2,1H3,(H,17,19)/t12-/m1/s1. The fourth-order valence-electron chi connectivity index (χ4n) is 1.82. The number of hydrogen-bond donors (Lipinski definition) is 3. The normalized spacial score (nSPS) is 11.7. The molecule has 0 bridgehead atoms. The summed E-state index contributed by atoms with van der Waals surface area (Å²) in [4.78, 5) is 11.7. The van der Waals surface area contributed by atoms with Gasteiger partial charge in [-0.2, -0.15) is 0 Å². The number of aliphatic hydroxyl groups is 1. The summed E-state index contributed by atoms with van der Waals surface area (Å²) in [6.07, 6.45) is 0.624. The molecule has 0 aliphatic carbocycles. The van der Waals surface area contributed by atoms with Crippen LogP contribution in [0.2, 0.25) is 0 Å². The Morgan fingerprint density at radius 2 is 2.14 bits per heavy atom. The van der Waals surface area contributed by atoms with Crippen molar-refractivity contribution in [2.45, 2.75) is 6.10 Å². The number of anilines is 1. The van der Waals surface area contributed by atoms with Crippen molar-refractivity contribution in [3.05, 3.63) is 48.4 Å². The lowest BCUT2D eigenvalue weighted by molar-refractivity contribution is -0.119. The predicted molar refractivity (Wildman–Crippen MR) is 78.2 cm³/mol. The summed E-state index contributed by atoms with van der Waals surface area (Å²) in [5.41, 5.74) is 0.738. The average molecular weight is 290 g/mol. The molecule has 0 saturated heterocycles. The zero-order chi connectivity index (χ0) is 15.1. The number of carbonyl (C=O) groups is 1. The molecule has 0 unspecified atom stereocenters. The molecule has 0 aliphatic heterocycles. The zero-order valence-corrected chi connectivity index (χ0v) is 11.7. The molecular weight excluding hydrogens is 272 g/mol. The highest BCUT2D eigenvalue weighted by Crippen LogP contribution is 2.22. The van der Waals surface area contributed by atoms with Gasteiger partial charge in [0.15, 0.2) is 0 Å². The summed E-state index contributed by atoms with van der Waals surface area (Å²) in [5.74, 6) is 0.862. The number of aliphatic hydroxyl groups excluding tert-OH is 1. The van der Waals surface area contributed by atoms with Crippen LogP contribution in [0.3, 0.4) is 0 Å². The first kappa shape index (κ1) is 14.9. The minimum atomic E-state index is -0.852. The van der Waals surface area contributed by atoms with E-state index in [4.69, 9.17) is 9.15 Å². The quantitative estimate of drug-likeness (QED) is 0.720. The van der Waals surface area contributed by atoms with Crippen LogP contribution in [0.1, 0.15) is 11.9 Å². The molecule has 1 aromatic heterocycles. The third-order valence-electron chi connectivity index (χ3n) is 2.91. The maximum Gasteiger partial charge on any atom is 0.239 e. The molecule has 6 heteroatoms. The van der Waals surface area contributed by atoms with Gasteiger partial charge in [0.2, 0.25) is 5.91 Å². The van der Waals surface area contributed by atoms with E-state index < -0.39 is 6.10 Å². The Bertz CT molecular complexity index is 569. The third-order valence-corrected chi connectivity index (χ3v) is 2.91. The van der Waals surface area contributed by atoms with E-state index in [1.165, 1.54) is 6.26 Å². The van der Waals surface area contributed by atoms with Crippen molar-refractivity contribution in [2.24, 2.45) is 0 Å². The third kappa shape index (κ3) is 4.25. The maximum absolute atomic E-state index is 11.7. The zero-order valence-electron chi connectivity index (χ0n) is 11.7. The van der Waals surface area contributed by atoms with Gasteiger partial charge in [0.05, 0.1) is 32.1 Å². The Labute approximate surface area is 122 Å². The van der Waals surface area contributed by atoms with E-state index in [2.05, 4.69) is 10.6 Å². The average Bonchev–Trinajstić information content (AvgIpc) is 3.05. The van der Waals surface area contributed by atoms with Crippen LogP contribution < -0.4 is 15.4 Å². The Hall–Kier alpha value is -2.47. The lowest BCUT2D eigenvalue weighted by atomic mass is 10.2. The SMILES string of the molecule is COc1ccccc1NCC(=O)NC[C@@H](O)c1ccco1. The lowest BCUT2D eigenvalue weighted by Gasteiger charge is -2.12. The highest BCUT2D eigenvalue weighted by molar-refractivity contribution is 5.81. The molecule has 0 saturated carbocycles. The highest BCUT2D eigenvalue weighted by Gasteiger charge is 2.12. The van der Waals surface area contributed by atoms with E-state index in [0.717, 1.165) is 5.69 Å². The van der Waals surface area contributed by atoms with Crippen LogP contribution in [0.5, 0.6) is 5.75 Å². The van der Waals surface area contributed by atoms with Crippen molar-refractivity contribution < 1.29 is 19.1 Å². The maximum atomic E-state index is 11.7. The number of nitrogens with one attached hydrogen (secondary N) is 2. The van der Waals surface area contributed by atoms with Crippen LogP contribution in [-0.4, -0.2) is 31.2 Å². The largest absolute Gasteiger partial charge is 0.495 e. The molecule has 2 rings (SSSR count). The van der Waals surface area contributed by atoms with E-state index in [-0.39, 0.29) is 19.0 Å². The Balaban J connectivity index is 1.77. The first-order valence-electron chi connectivity index (χ1n) is 6.55. The molecule has 112 valence electrons. The first-order valence-corrected chi connectivity index (χ1v) is 6.55. The summed E-state index contributed by atoms with van der Waals surface area (Å²) in [5, 5.41) is 15.4. The molecule has 0 aliphatic rings. The van der Waals surface area contributed by atoms with Gasteiger partial charge in [0, 0.05) is 0 Å². The van der Waals surface area contributed by atoms with Gasteiger partial charge in [-0.25, -0.2) is 0 Å². The van der Waals surface area contributed by atoms with Crippen molar-refractivity contribution in [1.82, 2.24) is 5.32 Å². The van der Waals surface area contributed by atoms with Crippen LogP contribution in [-0.2, 0) is 4.79 Å². The number of benzene rings is 1. The summed E-state index contributed by atoms with van der Waals surface area (Å²) >= 11 is 0. The second-order valence-corrected chi connectivity index (χ2v) is 4.39. The summed E-state index contributed by atoms with van der Waals surface area (Å²) < 4.78 is 10.2. The number of methoxy groups -OCH3 is 1. The second-order valence-electron chi connectivity index (χ2n) is 4.39. The topological polar surface area (TPSA) is 83.7 Å². The van der Waals surface area contributed by atoms with E-state index in [1.807, 2.05) is 18.2 Å².